The third kappa shape index (κ3) is 2.12. The van der Waals surface area contributed by atoms with Crippen LogP contribution >= 0.6 is 0 Å². The molecule has 15 heavy (non-hydrogen) atoms. The molecular formula is C12H16FNO. The van der Waals surface area contributed by atoms with Crippen molar-refractivity contribution >= 4 is 0 Å². The fourth-order valence-electron chi connectivity index (χ4n) is 2.00. The largest absolute Gasteiger partial charge is 0.497 e. The van der Waals surface area contributed by atoms with Gasteiger partial charge in [0.15, 0.2) is 0 Å². The molecule has 1 saturated heterocycles. The Morgan fingerprint density at radius 3 is 2.60 bits per heavy atom. The second-order valence-corrected chi connectivity index (χ2v) is 3.97. The Morgan fingerprint density at radius 2 is 2.07 bits per heavy atom. The Labute approximate surface area is 89.4 Å². The molecule has 0 saturated carbocycles. The van der Waals surface area contributed by atoms with Crippen molar-refractivity contribution in [3.8, 4) is 5.75 Å². The number of halogens is 1. The summed E-state index contributed by atoms with van der Waals surface area (Å²) in [5, 5.41) is 3.10. The predicted octanol–water partition coefficient (Wildman–Crippen LogP) is 2.24. The minimum absolute atomic E-state index is 0.416. The first kappa shape index (κ1) is 10.4. The molecule has 1 N–H and O–H groups in total. The van der Waals surface area contributed by atoms with Crippen LogP contribution in [0.25, 0.3) is 0 Å². The molecule has 3 heteroatoms. The van der Waals surface area contributed by atoms with Crippen molar-refractivity contribution in [2.24, 2.45) is 0 Å². The summed E-state index contributed by atoms with van der Waals surface area (Å²) in [6.07, 6.45) is 1.49. The van der Waals surface area contributed by atoms with E-state index in [1.165, 1.54) is 0 Å². The summed E-state index contributed by atoms with van der Waals surface area (Å²) in [6, 6.07) is 7.24. The van der Waals surface area contributed by atoms with Gasteiger partial charge in [-0.05, 0) is 37.1 Å². The first-order valence-electron chi connectivity index (χ1n) is 5.29. The van der Waals surface area contributed by atoms with Gasteiger partial charge in [-0.25, -0.2) is 4.39 Å². The van der Waals surface area contributed by atoms with Crippen LogP contribution in [-0.4, -0.2) is 20.2 Å². The standard InChI is InChI=1S/C12H16FNO/c1-15-11-5-3-10(4-6-11)12(13)7-2-8-14-9-12/h3-6,14H,2,7-9H2,1H3. The van der Waals surface area contributed by atoms with Crippen LogP contribution in [0.2, 0.25) is 0 Å². The fraction of sp³-hybridized carbons (Fsp3) is 0.500. The maximum absolute atomic E-state index is 14.4. The Morgan fingerprint density at radius 1 is 1.33 bits per heavy atom. The van der Waals surface area contributed by atoms with E-state index in [1.54, 1.807) is 7.11 Å². The van der Waals surface area contributed by atoms with Gasteiger partial charge in [0.05, 0.1) is 7.11 Å². The van der Waals surface area contributed by atoms with Crippen LogP contribution in [0.5, 0.6) is 5.75 Å². The molecule has 82 valence electrons. The van der Waals surface area contributed by atoms with E-state index in [0.29, 0.717) is 13.0 Å². The van der Waals surface area contributed by atoms with Crippen molar-refractivity contribution in [3.05, 3.63) is 29.8 Å². The molecule has 1 aliphatic heterocycles. The molecule has 1 unspecified atom stereocenters. The third-order valence-corrected chi connectivity index (χ3v) is 2.94. The first-order chi connectivity index (χ1) is 7.24. The lowest BCUT2D eigenvalue weighted by Crippen LogP contribution is -2.39. The SMILES string of the molecule is COc1ccc(C2(F)CCCNC2)cc1. The molecule has 0 aromatic heterocycles. The number of piperidine rings is 1. The number of ether oxygens (including phenoxy) is 1. The second kappa shape index (κ2) is 4.19. The van der Waals surface area contributed by atoms with Crippen LogP contribution in [0, 0.1) is 0 Å². The molecule has 0 bridgehead atoms. The van der Waals surface area contributed by atoms with Crippen LogP contribution in [0.3, 0.4) is 0 Å². The van der Waals surface area contributed by atoms with E-state index in [9.17, 15) is 4.39 Å². The smallest absolute Gasteiger partial charge is 0.148 e. The second-order valence-electron chi connectivity index (χ2n) is 3.97. The minimum Gasteiger partial charge on any atom is -0.497 e. The molecule has 0 aliphatic carbocycles. The lowest BCUT2D eigenvalue weighted by atomic mass is 9.88. The zero-order valence-corrected chi connectivity index (χ0v) is 8.92. The van der Waals surface area contributed by atoms with E-state index in [0.717, 1.165) is 24.3 Å². The van der Waals surface area contributed by atoms with Gasteiger partial charge in [0, 0.05) is 6.54 Å². The zero-order valence-electron chi connectivity index (χ0n) is 8.92. The van der Waals surface area contributed by atoms with Crippen molar-refractivity contribution in [3.63, 3.8) is 0 Å². The molecular weight excluding hydrogens is 193 g/mol. The van der Waals surface area contributed by atoms with E-state index in [-0.39, 0.29) is 0 Å². The number of methoxy groups -OCH3 is 1. The van der Waals surface area contributed by atoms with Gasteiger partial charge < -0.3 is 10.1 Å². The molecule has 2 rings (SSSR count). The minimum atomic E-state index is -1.20. The first-order valence-corrected chi connectivity index (χ1v) is 5.29. The summed E-state index contributed by atoms with van der Waals surface area (Å²) < 4.78 is 19.5. The molecule has 0 spiro atoms. The topological polar surface area (TPSA) is 21.3 Å². The Balaban J connectivity index is 2.20. The quantitative estimate of drug-likeness (QED) is 0.806. The van der Waals surface area contributed by atoms with Crippen LogP contribution in [0.4, 0.5) is 4.39 Å². The molecule has 2 nitrogen and oxygen atoms in total. The maximum Gasteiger partial charge on any atom is 0.148 e. The van der Waals surface area contributed by atoms with Gasteiger partial charge in [-0.1, -0.05) is 12.1 Å². The fourth-order valence-corrected chi connectivity index (χ4v) is 2.00. The average molecular weight is 209 g/mol. The molecule has 1 aliphatic rings. The number of benzene rings is 1. The summed E-state index contributed by atoms with van der Waals surface area (Å²) in [5.41, 5.74) is -0.458. The highest BCUT2D eigenvalue weighted by atomic mass is 19.1. The molecule has 1 fully saturated rings. The van der Waals surface area contributed by atoms with Gasteiger partial charge in [-0.15, -0.1) is 0 Å². The van der Waals surface area contributed by atoms with Crippen LogP contribution in [0.15, 0.2) is 24.3 Å². The molecule has 1 aromatic carbocycles. The van der Waals surface area contributed by atoms with Crippen molar-refractivity contribution in [1.82, 2.24) is 5.32 Å². The molecule has 1 aromatic rings. The van der Waals surface area contributed by atoms with Gasteiger partial charge >= 0.3 is 0 Å². The van der Waals surface area contributed by atoms with Crippen LogP contribution < -0.4 is 10.1 Å². The number of hydrogen-bond acceptors (Lipinski definition) is 2. The summed E-state index contributed by atoms with van der Waals surface area (Å²) in [5.74, 6) is 0.770. The van der Waals surface area contributed by atoms with E-state index < -0.39 is 5.67 Å². The average Bonchev–Trinajstić information content (AvgIpc) is 2.30. The molecule has 0 radical (unpaired) electrons. The van der Waals surface area contributed by atoms with E-state index in [1.807, 2.05) is 24.3 Å². The van der Waals surface area contributed by atoms with Crippen molar-refractivity contribution < 1.29 is 9.13 Å². The highest BCUT2D eigenvalue weighted by Gasteiger charge is 2.33. The van der Waals surface area contributed by atoms with Gasteiger partial charge in [-0.2, -0.15) is 0 Å². The lowest BCUT2D eigenvalue weighted by molar-refractivity contribution is 0.122. The lowest BCUT2D eigenvalue weighted by Gasteiger charge is -2.30. The van der Waals surface area contributed by atoms with Crippen molar-refractivity contribution in [1.29, 1.82) is 0 Å². The van der Waals surface area contributed by atoms with Gasteiger partial charge in [0.2, 0.25) is 0 Å². The molecule has 1 atom stereocenters. The zero-order chi connectivity index (χ0) is 10.7. The summed E-state index contributed by atoms with van der Waals surface area (Å²) in [7, 11) is 1.61. The van der Waals surface area contributed by atoms with Gasteiger partial charge in [0.1, 0.15) is 11.4 Å². The number of hydrogen-bond donors (Lipinski definition) is 1. The van der Waals surface area contributed by atoms with E-state index in [2.05, 4.69) is 5.32 Å². The molecule has 0 amide bonds. The summed E-state index contributed by atoms with van der Waals surface area (Å²) >= 11 is 0. The summed E-state index contributed by atoms with van der Waals surface area (Å²) in [4.78, 5) is 0. The normalized spacial score (nSPS) is 26.3. The van der Waals surface area contributed by atoms with Crippen LogP contribution in [-0.2, 0) is 5.67 Å². The maximum atomic E-state index is 14.4. The molecule has 1 heterocycles. The highest BCUT2D eigenvalue weighted by molar-refractivity contribution is 5.31. The van der Waals surface area contributed by atoms with Crippen molar-refractivity contribution in [2.45, 2.75) is 18.5 Å². The Hall–Kier alpha value is -1.09. The monoisotopic (exact) mass is 209 g/mol. The van der Waals surface area contributed by atoms with Gasteiger partial charge in [-0.3, -0.25) is 0 Å². The third-order valence-electron chi connectivity index (χ3n) is 2.94. The van der Waals surface area contributed by atoms with E-state index in [4.69, 9.17) is 4.74 Å². The number of nitrogens with one attached hydrogen (secondary N) is 1. The predicted molar refractivity (Wildman–Crippen MR) is 57.9 cm³/mol. The highest BCUT2D eigenvalue weighted by Crippen LogP contribution is 2.33. The van der Waals surface area contributed by atoms with Crippen molar-refractivity contribution in [2.75, 3.05) is 20.2 Å². The van der Waals surface area contributed by atoms with Crippen LogP contribution in [0.1, 0.15) is 18.4 Å². The van der Waals surface area contributed by atoms with E-state index >= 15 is 0 Å². The van der Waals surface area contributed by atoms with Gasteiger partial charge in [0.25, 0.3) is 0 Å². The Kier molecular flexibility index (Phi) is 2.91. The number of rotatable bonds is 2. The summed E-state index contributed by atoms with van der Waals surface area (Å²) in [6.45, 7) is 1.33. The number of alkyl halides is 1. The Bertz CT molecular complexity index is 317.